The summed E-state index contributed by atoms with van der Waals surface area (Å²) >= 11 is 6.12. The van der Waals surface area contributed by atoms with Gasteiger partial charge in [-0.1, -0.05) is 29.8 Å². The smallest absolute Gasteiger partial charge is 0.262 e. The summed E-state index contributed by atoms with van der Waals surface area (Å²) in [6, 6.07) is 10.5. The molecule has 27 heavy (non-hydrogen) atoms. The van der Waals surface area contributed by atoms with Crippen LogP contribution < -0.4 is 14.8 Å². The summed E-state index contributed by atoms with van der Waals surface area (Å²) in [5, 5.41) is 3.67. The molecule has 140 valence electrons. The van der Waals surface area contributed by atoms with Gasteiger partial charge < -0.3 is 15.0 Å². The van der Waals surface area contributed by atoms with Gasteiger partial charge in [0.25, 0.3) is 5.91 Å². The lowest BCUT2D eigenvalue weighted by Gasteiger charge is -2.19. The molecule has 0 spiro atoms. The van der Waals surface area contributed by atoms with Crippen LogP contribution in [0.5, 0.6) is 5.75 Å². The number of anilines is 1. The number of hydrogen-bond acceptors (Lipinski definition) is 4. The molecule has 0 radical (unpaired) electrons. The van der Waals surface area contributed by atoms with E-state index >= 15 is 0 Å². The summed E-state index contributed by atoms with van der Waals surface area (Å²) < 4.78 is 33.1. The number of ether oxygens (including phenoxy) is 1. The van der Waals surface area contributed by atoms with Gasteiger partial charge in [0.2, 0.25) is 10.0 Å². The van der Waals surface area contributed by atoms with Crippen molar-refractivity contribution in [1.29, 1.82) is 0 Å². The zero-order chi connectivity index (χ0) is 19.0. The first-order valence-corrected chi connectivity index (χ1v) is 10.1. The number of carbonyl (C=O) groups excluding carboxylic acids is 1. The van der Waals surface area contributed by atoms with Crippen molar-refractivity contribution in [3.8, 4) is 5.75 Å². The van der Waals surface area contributed by atoms with E-state index in [1.807, 2.05) is 30.5 Å². The van der Waals surface area contributed by atoms with Crippen LogP contribution in [-0.4, -0.2) is 32.5 Å². The fourth-order valence-electron chi connectivity index (χ4n) is 3.02. The molecule has 7 nitrogen and oxygen atoms in total. The van der Waals surface area contributed by atoms with Crippen molar-refractivity contribution in [2.24, 2.45) is 0 Å². The number of nitrogens with one attached hydrogen (secondary N) is 3. The third-order valence-electron chi connectivity index (χ3n) is 4.32. The third-order valence-corrected chi connectivity index (χ3v) is 6.24. The van der Waals surface area contributed by atoms with Gasteiger partial charge in [0.05, 0.1) is 10.7 Å². The summed E-state index contributed by atoms with van der Waals surface area (Å²) in [4.78, 5) is 14.4. The molecule has 2 heterocycles. The Balaban J connectivity index is 1.51. The zero-order valence-electron chi connectivity index (χ0n) is 14.1. The molecule has 1 aliphatic rings. The molecule has 0 atom stereocenters. The molecular formula is C18H16ClN3O4S. The Morgan fingerprint density at radius 3 is 2.89 bits per heavy atom. The first kappa shape index (κ1) is 17.8. The van der Waals surface area contributed by atoms with E-state index in [1.165, 1.54) is 12.1 Å². The number of rotatable bonds is 5. The number of fused-ring (bicyclic) bond motifs is 2. The predicted molar refractivity (Wildman–Crippen MR) is 103 cm³/mol. The number of hydrogen-bond donors (Lipinski definition) is 3. The van der Waals surface area contributed by atoms with Gasteiger partial charge in [-0.15, -0.1) is 0 Å². The van der Waals surface area contributed by atoms with Gasteiger partial charge in [0.15, 0.2) is 6.61 Å². The van der Waals surface area contributed by atoms with E-state index in [2.05, 4.69) is 15.0 Å². The summed E-state index contributed by atoms with van der Waals surface area (Å²) in [7, 11) is -3.83. The zero-order valence-corrected chi connectivity index (χ0v) is 15.7. The average Bonchev–Trinajstić information content (AvgIpc) is 3.04. The standard InChI is InChI=1S/C18H16ClN3O4S/c19-13-7-15-16(26-10-18(23)22-15)8-17(13)27(24,25)21-6-5-11-9-20-14-4-2-1-3-12(11)14/h1-4,7-9,20-21H,5-6,10H2,(H,22,23). The first-order valence-electron chi connectivity index (χ1n) is 8.25. The van der Waals surface area contributed by atoms with Crippen LogP contribution >= 0.6 is 11.6 Å². The highest BCUT2D eigenvalue weighted by atomic mass is 35.5. The molecule has 0 unspecified atom stereocenters. The van der Waals surface area contributed by atoms with Crippen LogP contribution in [0.4, 0.5) is 5.69 Å². The maximum atomic E-state index is 12.6. The lowest BCUT2D eigenvalue weighted by atomic mass is 10.1. The number of aromatic amines is 1. The van der Waals surface area contributed by atoms with E-state index in [4.69, 9.17) is 16.3 Å². The van der Waals surface area contributed by atoms with Gasteiger partial charge in [0.1, 0.15) is 10.6 Å². The Hall–Kier alpha value is -2.55. The number of halogens is 1. The maximum absolute atomic E-state index is 12.6. The molecule has 1 aliphatic heterocycles. The normalized spacial score (nSPS) is 13.9. The highest BCUT2D eigenvalue weighted by molar-refractivity contribution is 7.89. The summed E-state index contributed by atoms with van der Waals surface area (Å²) in [6.07, 6.45) is 2.40. The highest BCUT2D eigenvalue weighted by Crippen LogP contribution is 2.35. The van der Waals surface area contributed by atoms with Crippen molar-refractivity contribution in [1.82, 2.24) is 9.71 Å². The van der Waals surface area contributed by atoms with Crippen LogP contribution in [0.25, 0.3) is 10.9 Å². The van der Waals surface area contributed by atoms with Crippen LogP contribution in [0.3, 0.4) is 0 Å². The molecule has 0 saturated carbocycles. The molecule has 0 fully saturated rings. The number of sulfonamides is 1. The minimum atomic E-state index is -3.83. The van der Waals surface area contributed by atoms with Gasteiger partial charge in [-0.2, -0.15) is 0 Å². The van der Waals surface area contributed by atoms with Crippen molar-refractivity contribution < 1.29 is 17.9 Å². The summed E-state index contributed by atoms with van der Waals surface area (Å²) in [5.41, 5.74) is 2.39. The molecular weight excluding hydrogens is 390 g/mol. The Kier molecular flexibility index (Phi) is 4.55. The highest BCUT2D eigenvalue weighted by Gasteiger charge is 2.24. The van der Waals surface area contributed by atoms with E-state index in [0.29, 0.717) is 12.1 Å². The maximum Gasteiger partial charge on any atom is 0.262 e. The number of aromatic nitrogens is 1. The van der Waals surface area contributed by atoms with Crippen LogP contribution in [0.1, 0.15) is 5.56 Å². The van der Waals surface area contributed by atoms with Crippen molar-refractivity contribution in [2.45, 2.75) is 11.3 Å². The Labute approximate surface area is 160 Å². The predicted octanol–water partition coefficient (Wildman–Crippen LogP) is 2.67. The largest absolute Gasteiger partial charge is 0.482 e. The second kappa shape index (κ2) is 6.88. The number of amides is 1. The van der Waals surface area contributed by atoms with Crippen LogP contribution in [0, 0.1) is 0 Å². The molecule has 2 aromatic carbocycles. The Bertz CT molecular complexity index is 1140. The quantitative estimate of drug-likeness (QED) is 0.607. The second-order valence-electron chi connectivity index (χ2n) is 6.12. The summed E-state index contributed by atoms with van der Waals surface area (Å²) in [5.74, 6) is -0.0398. The fourth-order valence-corrected chi connectivity index (χ4v) is 4.60. The second-order valence-corrected chi connectivity index (χ2v) is 8.27. The molecule has 1 aromatic heterocycles. The lowest BCUT2D eigenvalue weighted by Crippen LogP contribution is -2.28. The van der Waals surface area contributed by atoms with Crippen LogP contribution in [0.15, 0.2) is 47.5 Å². The Morgan fingerprint density at radius 2 is 2.04 bits per heavy atom. The van der Waals surface area contributed by atoms with Gasteiger partial charge in [-0.25, -0.2) is 13.1 Å². The molecule has 3 N–H and O–H groups in total. The minimum absolute atomic E-state index is 0.0131. The number of para-hydroxylation sites is 1. The minimum Gasteiger partial charge on any atom is -0.482 e. The monoisotopic (exact) mass is 405 g/mol. The fraction of sp³-hybridized carbons (Fsp3) is 0.167. The molecule has 4 rings (SSSR count). The van der Waals surface area contributed by atoms with E-state index in [-0.39, 0.29) is 34.7 Å². The van der Waals surface area contributed by atoms with Crippen molar-refractivity contribution >= 4 is 44.1 Å². The van der Waals surface area contributed by atoms with Gasteiger partial charge in [0, 0.05) is 29.7 Å². The van der Waals surface area contributed by atoms with Gasteiger partial charge in [-0.05, 0) is 24.1 Å². The lowest BCUT2D eigenvalue weighted by molar-refractivity contribution is -0.118. The molecule has 9 heteroatoms. The molecule has 0 aliphatic carbocycles. The van der Waals surface area contributed by atoms with Crippen molar-refractivity contribution in [3.05, 3.63) is 53.2 Å². The van der Waals surface area contributed by atoms with E-state index in [1.54, 1.807) is 0 Å². The van der Waals surface area contributed by atoms with E-state index in [0.717, 1.165) is 16.5 Å². The number of benzene rings is 2. The molecule has 0 bridgehead atoms. The molecule has 3 aromatic rings. The van der Waals surface area contributed by atoms with Crippen LogP contribution in [-0.2, 0) is 21.2 Å². The van der Waals surface area contributed by atoms with Crippen LogP contribution in [0.2, 0.25) is 5.02 Å². The third kappa shape index (κ3) is 3.51. The SMILES string of the molecule is O=C1COc2cc(S(=O)(=O)NCCc3c[nH]c4ccccc34)c(Cl)cc2N1. The number of carbonyl (C=O) groups is 1. The molecule has 1 amide bonds. The van der Waals surface area contributed by atoms with Crippen molar-refractivity contribution in [3.63, 3.8) is 0 Å². The molecule has 0 saturated heterocycles. The van der Waals surface area contributed by atoms with Gasteiger partial charge in [-0.3, -0.25) is 4.79 Å². The number of H-pyrrole nitrogens is 1. The first-order chi connectivity index (χ1) is 12.9. The van der Waals surface area contributed by atoms with Crippen molar-refractivity contribution in [2.75, 3.05) is 18.5 Å². The van der Waals surface area contributed by atoms with E-state index < -0.39 is 10.0 Å². The average molecular weight is 406 g/mol. The Morgan fingerprint density at radius 1 is 1.22 bits per heavy atom. The van der Waals surface area contributed by atoms with Gasteiger partial charge >= 0.3 is 0 Å². The van der Waals surface area contributed by atoms with E-state index in [9.17, 15) is 13.2 Å². The summed E-state index contributed by atoms with van der Waals surface area (Å²) in [6.45, 7) is 0.0529. The topological polar surface area (TPSA) is 100 Å².